The van der Waals surface area contributed by atoms with Gasteiger partial charge in [-0.15, -0.1) is 0 Å². The number of hydrogen-bond donors (Lipinski definition) is 1. The Balaban J connectivity index is 2.15. The van der Waals surface area contributed by atoms with Gasteiger partial charge in [0.05, 0.1) is 11.9 Å². The van der Waals surface area contributed by atoms with Gasteiger partial charge in [-0.2, -0.15) is 4.98 Å². The maximum atomic E-state index is 5.55. The normalized spacial score (nSPS) is 10.8. The van der Waals surface area contributed by atoms with Crippen molar-refractivity contribution in [2.45, 2.75) is 0 Å². The minimum absolute atomic E-state index is 0.453. The average molecular weight is 212 g/mol. The molecule has 0 fully saturated rings. The molecule has 78 valence electrons. The number of rotatable bonds is 1. The van der Waals surface area contributed by atoms with Crippen LogP contribution in [0.5, 0.6) is 0 Å². The number of hydrogen-bond acceptors (Lipinski definition) is 5. The summed E-state index contributed by atoms with van der Waals surface area (Å²) in [5.41, 5.74) is 8.04. The Labute approximate surface area is 91.0 Å². The minimum Gasteiger partial charge on any atom is -0.433 e. The van der Waals surface area contributed by atoms with E-state index in [0.717, 1.165) is 0 Å². The molecular weight excluding hydrogens is 204 g/mol. The van der Waals surface area contributed by atoms with E-state index in [2.05, 4.69) is 15.0 Å². The van der Waals surface area contributed by atoms with E-state index in [1.807, 2.05) is 6.07 Å². The predicted molar refractivity (Wildman–Crippen MR) is 59.4 cm³/mol. The van der Waals surface area contributed by atoms with Crippen LogP contribution >= 0.6 is 0 Å². The Morgan fingerprint density at radius 1 is 1.12 bits per heavy atom. The van der Waals surface area contributed by atoms with Gasteiger partial charge >= 0.3 is 0 Å². The Morgan fingerprint density at radius 3 is 2.81 bits per heavy atom. The molecule has 5 nitrogen and oxygen atoms in total. The molecule has 5 heteroatoms. The lowest BCUT2D eigenvalue weighted by atomic mass is 10.3. The lowest BCUT2D eigenvalue weighted by molar-refractivity contribution is 0.616. The summed E-state index contributed by atoms with van der Waals surface area (Å²) in [5.74, 6) is 0.453. The first kappa shape index (κ1) is 8.84. The van der Waals surface area contributed by atoms with Crippen LogP contribution in [-0.4, -0.2) is 15.0 Å². The zero-order valence-electron chi connectivity index (χ0n) is 8.29. The molecule has 0 atom stereocenters. The molecule has 3 heterocycles. The number of aromatic nitrogens is 3. The highest BCUT2D eigenvalue weighted by Gasteiger charge is 2.08. The van der Waals surface area contributed by atoms with Crippen molar-refractivity contribution in [3.05, 3.63) is 36.7 Å². The van der Waals surface area contributed by atoms with E-state index in [9.17, 15) is 0 Å². The van der Waals surface area contributed by atoms with Gasteiger partial charge in [-0.05, 0) is 24.3 Å². The van der Waals surface area contributed by atoms with Gasteiger partial charge in [0.2, 0.25) is 5.89 Å². The molecule has 3 aromatic heterocycles. The molecule has 0 aliphatic heterocycles. The third-order valence-corrected chi connectivity index (χ3v) is 2.17. The zero-order valence-corrected chi connectivity index (χ0v) is 8.29. The number of nitrogen functional groups attached to an aromatic ring is 1. The second kappa shape index (κ2) is 3.30. The SMILES string of the molecule is Nc1ccc(-c2nc3ncccc3o2)nc1. The standard InChI is InChI=1S/C11H8N4O/c12-7-3-4-8(14-6-7)11-15-10-9(16-11)2-1-5-13-10/h1-6H,12H2. The predicted octanol–water partition coefficient (Wildman–Crippen LogP) is 1.87. The van der Waals surface area contributed by atoms with Crippen LogP contribution in [0.3, 0.4) is 0 Å². The molecule has 16 heavy (non-hydrogen) atoms. The largest absolute Gasteiger partial charge is 0.433 e. The third-order valence-electron chi connectivity index (χ3n) is 2.17. The van der Waals surface area contributed by atoms with E-state index < -0.39 is 0 Å². The number of oxazole rings is 1. The van der Waals surface area contributed by atoms with E-state index >= 15 is 0 Å². The number of pyridine rings is 2. The van der Waals surface area contributed by atoms with E-state index in [-0.39, 0.29) is 0 Å². The average Bonchev–Trinajstić information content (AvgIpc) is 2.73. The van der Waals surface area contributed by atoms with E-state index in [1.54, 1.807) is 30.6 Å². The highest BCUT2D eigenvalue weighted by Crippen LogP contribution is 2.21. The van der Waals surface area contributed by atoms with Gasteiger partial charge in [-0.25, -0.2) is 9.97 Å². The molecule has 0 aliphatic rings. The topological polar surface area (TPSA) is 77.8 Å². The second-order valence-corrected chi connectivity index (χ2v) is 3.32. The monoisotopic (exact) mass is 212 g/mol. The molecule has 0 bridgehead atoms. The molecule has 2 N–H and O–H groups in total. The number of fused-ring (bicyclic) bond motifs is 1. The molecule has 0 saturated carbocycles. The number of nitrogens with two attached hydrogens (primary N) is 1. The van der Waals surface area contributed by atoms with Crippen LogP contribution in [0.15, 0.2) is 41.1 Å². The van der Waals surface area contributed by atoms with E-state index in [0.29, 0.717) is 28.5 Å². The zero-order chi connectivity index (χ0) is 11.0. The van der Waals surface area contributed by atoms with Crippen LogP contribution < -0.4 is 5.73 Å². The summed E-state index contributed by atoms with van der Waals surface area (Å²) in [5, 5.41) is 0. The summed E-state index contributed by atoms with van der Waals surface area (Å²) < 4.78 is 5.52. The van der Waals surface area contributed by atoms with Gasteiger partial charge in [0.25, 0.3) is 0 Å². The highest BCUT2D eigenvalue weighted by atomic mass is 16.3. The van der Waals surface area contributed by atoms with Crippen molar-refractivity contribution in [3.63, 3.8) is 0 Å². The second-order valence-electron chi connectivity index (χ2n) is 3.32. The van der Waals surface area contributed by atoms with Gasteiger partial charge in [-0.3, -0.25) is 0 Å². The van der Waals surface area contributed by atoms with Gasteiger partial charge in [-0.1, -0.05) is 0 Å². The fraction of sp³-hybridized carbons (Fsp3) is 0. The maximum absolute atomic E-state index is 5.55. The molecular formula is C11H8N4O. The van der Waals surface area contributed by atoms with Crippen molar-refractivity contribution in [1.29, 1.82) is 0 Å². The van der Waals surface area contributed by atoms with Crippen LogP contribution in [-0.2, 0) is 0 Å². The molecule has 0 spiro atoms. The van der Waals surface area contributed by atoms with Gasteiger partial charge in [0.1, 0.15) is 5.69 Å². The summed E-state index contributed by atoms with van der Waals surface area (Å²) in [7, 11) is 0. The molecule has 0 aromatic carbocycles. The fourth-order valence-corrected chi connectivity index (χ4v) is 1.41. The molecule has 0 unspecified atom stereocenters. The smallest absolute Gasteiger partial charge is 0.247 e. The van der Waals surface area contributed by atoms with Crippen LogP contribution in [0.1, 0.15) is 0 Å². The number of anilines is 1. The fourth-order valence-electron chi connectivity index (χ4n) is 1.41. The van der Waals surface area contributed by atoms with Crippen molar-refractivity contribution in [1.82, 2.24) is 15.0 Å². The van der Waals surface area contributed by atoms with E-state index in [1.165, 1.54) is 0 Å². The summed E-state index contributed by atoms with van der Waals surface area (Å²) in [4.78, 5) is 12.5. The van der Waals surface area contributed by atoms with Gasteiger partial charge in [0.15, 0.2) is 11.2 Å². The van der Waals surface area contributed by atoms with Crippen molar-refractivity contribution in [3.8, 4) is 11.6 Å². The Kier molecular flexibility index (Phi) is 1.83. The maximum Gasteiger partial charge on any atom is 0.247 e. The minimum atomic E-state index is 0.453. The van der Waals surface area contributed by atoms with Crippen LogP contribution in [0.4, 0.5) is 5.69 Å². The van der Waals surface area contributed by atoms with E-state index in [4.69, 9.17) is 10.2 Å². The van der Waals surface area contributed by atoms with Crippen LogP contribution in [0.25, 0.3) is 22.8 Å². The summed E-state index contributed by atoms with van der Waals surface area (Å²) in [6.45, 7) is 0. The third kappa shape index (κ3) is 1.38. The van der Waals surface area contributed by atoms with Crippen molar-refractivity contribution in [2.75, 3.05) is 5.73 Å². The Hall–Kier alpha value is -2.43. The first-order valence-electron chi connectivity index (χ1n) is 4.76. The first-order chi connectivity index (χ1) is 7.83. The van der Waals surface area contributed by atoms with Crippen molar-refractivity contribution < 1.29 is 4.42 Å². The molecule has 0 radical (unpaired) electrons. The van der Waals surface area contributed by atoms with Gasteiger partial charge in [0, 0.05) is 6.20 Å². The molecule has 0 amide bonds. The molecule has 0 saturated heterocycles. The van der Waals surface area contributed by atoms with Gasteiger partial charge < -0.3 is 10.2 Å². The number of nitrogens with zero attached hydrogens (tertiary/aromatic N) is 3. The summed E-state index contributed by atoms with van der Waals surface area (Å²) in [6.07, 6.45) is 3.24. The van der Waals surface area contributed by atoms with Crippen LogP contribution in [0, 0.1) is 0 Å². The molecule has 3 aromatic rings. The lowest BCUT2D eigenvalue weighted by Crippen LogP contribution is -1.87. The lowest BCUT2D eigenvalue weighted by Gasteiger charge is -1.94. The summed E-state index contributed by atoms with van der Waals surface area (Å²) in [6, 6.07) is 7.13. The Morgan fingerprint density at radius 2 is 2.06 bits per heavy atom. The van der Waals surface area contributed by atoms with Crippen molar-refractivity contribution >= 4 is 16.9 Å². The Bertz CT molecular complexity index is 597. The molecule has 0 aliphatic carbocycles. The first-order valence-corrected chi connectivity index (χ1v) is 4.76. The quantitative estimate of drug-likeness (QED) is 0.666. The highest BCUT2D eigenvalue weighted by molar-refractivity contribution is 5.71. The van der Waals surface area contributed by atoms with Crippen molar-refractivity contribution in [2.24, 2.45) is 0 Å². The summed E-state index contributed by atoms with van der Waals surface area (Å²) >= 11 is 0. The van der Waals surface area contributed by atoms with Crippen LogP contribution in [0.2, 0.25) is 0 Å². The molecule has 3 rings (SSSR count).